The first-order chi connectivity index (χ1) is 11.4. The van der Waals surface area contributed by atoms with Crippen molar-refractivity contribution in [3.8, 4) is 0 Å². The van der Waals surface area contributed by atoms with Crippen LogP contribution in [0.4, 0.5) is 18.3 Å². The molecule has 1 aromatic carbocycles. The molecule has 25 heavy (non-hydrogen) atoms. The normalized spacial score (nSPS) is 12.4. The Labute approximate surface area is 149 Å². The number of aromatic nitrogens is 2. The van der Waals surface area contributed by atoms with Crippen molar-refractivity contribution in [2.75, 3.05) is 19.4 Å². The summed E-state index contributed by atoms with van der Waals surface area (Å²) in [4.78, 5) is 12.0. The van der Waals surface area contributed by atoms with Gasteiger partial charge in [0.05, 0.1) is 15.5 Å². The summed E-state index contributed by atoms with van der Waals surface area (Å²) in [5.74, 6) is -0.911. The van der Waals surface area contributed by atoms with Gasteiger partial charge in [0.1, 0.15) is 0 Å². The lowest BCUT2D eigenvalue weighted by atomic mass is 10.2. The topological polar surface area (TPSA) is 92.3 Å². The largest absolute Gasteiger partial charge is 0.445 e. The van der Waals surface area contributed by atoms with E-state index in [0.717, 1.165) is 10.4 Å². The van der Waals surface area contributed by atoms with Gasteiger partial charge in [-0.2, -0.15) is 13.2 Å². The number of amides is 1. The van der Waals surface area contributed by atoms with Crippen molar-refractivity contribution >= 4 is 44.0 Å². The van der Waals surface area contributed by atoms with Gasteiger partial charge in [-0.15, -0.1) is 10.2 Å². The Morgan fingerprint density at radius 3 is 2.44 bits per heavy atom. The number of benzene rings is 1. The van der Waals surface area contributed by atoms with Gasteiger partial charge in [-0.25, -0.2) is 12.7 Å². The molecule has 0 saturated carbocycles. The number of rotatable bonds is 4. The van der Waals surface area contributed by atoms with Crippen LogP contribution in [-0.2, 0) is 16.2 Å². The Balaban J connectivity index is 2.32. The number of carbonyl (C=O) groups is 1. The first-order valence-corrected chi connectivity index (χ1v) is 9.00. The third-order valence-electron chi connectivity index (χ3n) is 2.85. The van der Waals surface area contributed by atoms with Crippen molar-refractivity contribution in [3.63, 3.8) is 0 Å². The van der Waals surface area contributed by atoms with Crippen molar-refractivity contribution in [2.45, 2.75) is 11.1 Å². The first-order valence-electron chi connectivity index (χ1n) is 6.37. The zero-order valence-electron chi connectivity index (χ0n) is 12.6. The Morgan fingerprint density at radius 2 is 1.92 bits per heavy atom. The van der Waals surface area contributed by atoms with Gasteiger partial charge < -0.3 is 0 Å². The average molecular weight is 415 g/mol. The van der Waals surface area contributed by atoms with Gasteiger partial charge >= 0.3 is 6.18 Å². The molecule has 7 nitrogen and oxygen atoms in total. The van der Waals surface area contributed by atoms with E-state index in [1.807, 2.05) is 0 Å². The van der Waals surface area contributed by atoms with Crippen LogP contribution >= 0.6 is 22.9 Å². The van der Waals surface area contributed by atoms with Crippen LogP contribution in [0.15, 0.2) is 23.1 Å². The van der Waals surface area contributed by atoms with Gasteiger partial charge in [0, 0.05) is 14.1 Å². The molecule has 0 bridgehead atoms. The van der Waals surface area contributed by atoms with Gasteiger partial charge in [0.15, 0.2) is 0 Å². The molecule has 0 aliphatic carbocycles. The molecule has 0 fully saturated rings. The Morgan fingerprint density at radius 1 is 1.28 bits per heavy atom. The van der Waals surface area contributed by atoms with Crippen LogP contribution in [0.25, 0.3) is 0 Å². The molecule has 136 valence electrons. The maximum atomic E-state index is 12.5. The second kappa shape index (κ2) is 6.86. The van der Waals surface area contributed by atoms with E-state index in [-0.39, 0.29) is 26.8 Å². The molecule has 0 atom stereocenters. The average Bonchev–Trinajstić information content (AvgIpc) is 2.95. The summed E-state index contributed by atoms with van der Waals surface area (Å²) in [6, 6.07) is 3.44. The van der Waals surface area contributed by atoms with E-state index in [1.54, 1.807) is 0 Å². The van der Waals surface area contributed by atoms with Crippen LogP contribution in [0, 0.1) is 0 Å². The SMILES string of the molecule is CN(C)S(=O)(=O)c1ccc(Cl)c(C(=O)Nc2nnc(C(F)(F)F)s2)c1. The number of nitrogens with one attached hydrogen (secondary N) is 1. The van der Waals surface area contributed by atoms with E-state index in [9.17, 15) is 26.4 Å². The van der Waals surface area contributed by atoms with E-state index in [0.29, 0.717) is 0 Å². The van der Waals surface area contributed by atoms with Crippen LogP contribution in [0.1, 0.15) is 15.4 Å². The fourth-order valence-corrected chi connectivity index (χ4v) is 3.34. The molecule has 1 heterocycles. The molecule has 0 radical (unpaired) electrons. The summed E-state index contributed by atoms with van der Waals surface area (Å²) in [6.45, 7) is 0. The maximum absolute atomic E-state index is 12.5. The molecule has 0 aliphatic rings. The lowest BCUT2D eigenvalue weighted by molar-refractivity contribution is -0.138. The van der Waals surface area contributed by atoms with Crippen molar-refractivity contribution in [1.82, 2.24) is 14.5 Å². The second-order valence-corrected chi connectivity index (χ2v) is 8.33. The summed E-state index contributed by atoms with van der Waals surface area (Å²) < 4.78 is 62.6. The number of halogens is 4. The summed E-state index contributed by atoms with van der Waals surface area (Å²) in [7, 11) is -1.20. The van der Waals surface area contributed by atoms with Crippen molar-refractivity contribution in [3.05, 3.63) is 33.8 Å². The van der Waals surface area contributed by atoms with Crippen molar-refractivity contribution in [1.29, 1.82) is 0 Å². The Bertz CT molecular complexity index is 913. The standard InChI is InChI=1S/C12H10ClF3N4O3S2/c1-20(2)25(22,23)6-3-4-8(13)7(5-6)9(21)17-11-19-18-10(24-11)12(14,15)16/h3-5H,1-2H3,(H,17,19,21). The van der Waals surface area contributed by atoms with Crippen LogP contribution in [-0.4, -0.2) is 42.9 Å². The highest BCUT2D eigenvalue weighted by Crippen LogP contribution is 2.33. The van der Waals surface area contributed by atoms with Gasteiger partial charge in [-0.1, -0.05) is 22.9 Å². The predicted octanol–water partition coefficient (Wildman–Crippen LogP) is 2.71. The quantitative estimate of drug-likeness (QED) is 0.830. The minimum atomic E-state index is -4.68. The molecule has 1 amide bonds. The van der Waals surface area contributed by atoms with E-state index in [2.05, 4.69) is 15.5 Å². The fraction of sp³-hybridized carbons (Fsp3) is 0.250. The summed E-state index contributed by atoms with van der Waals surface area (Å²) in [6.07, 6.45) is -4.68. The van der Waals surface area contributed by atoms with Gasteiger partial charge in [-0.05, 0) is 18.2 Å². The third kappa shape index (κ3) is 4.26. The zero-order valence-corrected chi connectivity index (χ0v) is 15.0. The van der Waals surface area contributed by atoms with Crippen molar-refractivity contribution < 1.29 is 26.4 Å². The molecule has 1 aromatic heterocycles. The minimum Gasteiger partial charge on any atom is -0.296 e. The molecule has 1 N–H and O–H groups in total. The summed E-state index contributed by atoms with van der Waals surface area (Å²) in [5.41, 5.74) is -0.228. The van der Waals surface area contributed by atoms with Gasteiger partial charge in [0.25, 0.3) is 5.91 Å². The molecule has 2 aromatic rings. The molecule has 2 rings (SSSR count). The number of alkyl halides is 3. The molecule has 0 spiro atoms. The van der Waals surface area contributed by atoms with Gasteiger partial charge in [-0.3, -0.25) is 10.1 Å². The van der Waals surface area contributed by atoms with E-state index in [1.165, 1.54) is 26.2 Å². The summed E-state index contributed by atoms with van der Waals surface area (Å²) >= 11 is 6.02. The maximum Gasteiger partial charge on any atom is 0.445 e. The number of carbonyl (C=O) groups excluding carboxylic acids is 1. The van der Waals surface area contributed by atoms with E-state index in [4.69, 9.17) is 11.6 Å². The molecule has 0 saturated heterocycles. The molecule has 13 heteroatoms. The Hall–Kier alpha value is -1.76. The Kier molecular flexibility index (Phi) is 5.37. The first kappa shape index (κ1) is 19.6. The smallest absolute Gasteiger partial charge is 0.296 e. The number of hydrogen-bond donors (Lipinski definition) is 1. The predicted molar refractivity (Wildman–Crippen MR) is 85.2 cm³/mol. The number of hydrogen-bond acceptors (Lipinski definition) is 6. The van der Waals surface area contributed by atoms with E-state index < -0.39 is 32.2 Å². The van der Waals surface area contributed by atoms with Crippen LogP contribution in [0.2, 0.25) is 5.02 Å². The zero-order chi connectivity index (χ0) is 19.0. The molecule has 0 unspecified atom stereocenters. The minimum absolute atomic E-state index is 0.0734. The highest BCUT2D eigenvalue weighted by atomic mass is 35.5. The van der Waals surface area contributed by atoms with Crippen molar-refractivity contribution in [2.24, 2.45) is 0 Å². The van der Waals surface area contributed by atoms with Crippen LogP contribution in [0.5, 0.6) is 0 Å². The monoisotopic (exact) mass is 414 g/mol. The lowest BCUT2D eigenvalue weighted by Gasteiger charge is -2.12. The lowest BCUT2D eigenvalue weighted by Crippen LogP contribution is -2.23. The highest BCUT2D eigenvalue weighted by molar-refractivity contribution is 7.89. The second-order valence-electron chi connectivity index (χ2n) is 4.79. The van der Waals surface area contributed by atoms with Gasteiger partial charge in [0.2, 0.25) is 20.2 Å². The molecular formula is C12H10ClF3N4O3S2. The number of nitrogens with zero attached hydrogens (tertiary/aromatic N) is 3. The molecule has 0 aliphatic heterocycles. The number of anilines is 1. The molecular weight excluding hydrogens is 405 g/mol. The third-order valence-corrected chi connectivity index (χ3v) is 5.87. The summed E-state index contributed by atoms with van der Waals surface area (Å²) in [5, 5.41) is 6.57. The van der Waals surface area contributed by atoms with Crippen LogP contribution < -0.4 is 5.32 Å². The van der Waals surface area contributed by atoms with Crippen LogP contribution in [0.3, 0.4) is 0 Å². The fourth-order valence-electron chi connectivity index (χ4n) is 1.60. The highest BCUT2D eigenvalue weighted by Gasteiger charge is 2.36. The number of sulfonamides is 1. The van der Waals surface area contributed by atoms with E-state index >= 15 is 0 Å².